The Labute approximate surface area is 123 Å². The fourth-order valence-corrected chi connectivity index (χ4v) is 2.41. The molecule has 0 amide bonds. The van der Waals surface area contributed by atoms with Crippen LogP contribution in [0.15, 0.2) is 36.4 Å². The second kappa shape index (κ2) is 5.44. The van der Waals surface area contributed by atoms with Crippen molar-refractivity contribution in [2.24, 2.45) is 0 Å². The first kappa shape index (κ1) is 13.4. The zero-order valence-electron chi connectivity index (χ0n) is 12.2. The lowest BCUT2D eigenvalue weighted by molar-refractivity contribution is 0.729. The molecule has 21 heavy (non-hydrogen) atoms. The van der Waals surface area contributed by atoms with Gasteiger partial charge in [-0.15, -0.1) is 0 Å². The van der Waals surface area contributed by atoms with Crippen LogP contribution < -0.4 is 11.1 Å². The Morgan fingerprint density at radius 1 is 1.14 bits per heavy atom. The molecule has 2 aromatic heterocycles. The first-order chi connectivity index (χ1) is 10.2. The Hall–Kier alpha value is -2.56. The molecular formula is C16H19N5. The van der Waals surface area contributed by atoms with E-state index in [1.807, 2.05) is 31.3 Å². The minimum atomic E-state index is 0.370. The number of anilines is 2. The van der Waals surface area contributed by atoms with Crippen LogP contribution in [-0.2, 0) is 6.42 Å². The maximum atomic E-state index is 5.72. The number of pyridine rings is 1. The van der Waals surface area contributed by atoms with Crippen molar-refractivity contribution >= 4 is 22.7 Å². The molecule has 0 radical (unpaired) electrons. The number of benzene rings is 1. The molecule has 1 aromatic carbocycles. The SMILES string of the molecule is CNc1ccc2[nH]c(CC(C)c3ccc(N)cc3)nc2n1. The van der Waals surface area contributed by atoms with Crippen molar-refractivity contribution in [3.63, 3.8) is 0 Å². The van der Waals surface area contributed by atoms with Gasteiger partial charge < -0.3 is 16.0 Å². The Morgan fingerprint density at radius 2 is 1.90 bits per heavy atom. The number of nitrogen functional groups attached to an aromatic ring is 1. The second-order valence-corrected chi connectivity index (χ2v) is 5.27. The largest absolute Gasteiger partial charge is 0.399 e. The van der Waals surface area contributed by atoms with E-state index >= 15 is 0 Å². The van der Waals surface area contributed by atoms with Gasteiger partial charge >= 0.3 is 0 Å². The van der Waals surface area contributed by atoms with Crippen LogP contribution in [0.5, 0.6) is 0 Å². The summed E-state index contributed by atoms with van der Waals surface area (Å²) in [5, 5.41) is 3.02. The number of rotatable bonds is 4. The van der Waals surface area contributed by atoms with Crippen LogP contribution in [0.3, 0.4) is 0 Å². The third-order valence-electron chi connectivity index (χ3n) is 3.66. The number of aromatic nitrogens is 3. The quantitative estimate of drug-likeness (QED) is 0.642. The number of fused-ring (bicyclic) bond motifs is 1. The average Bonchev–Trinajstić information content (AvgIpc) is 2.88. The molecule has 0 saturated heterocycles. The van der Waals surface area contributed by atoms with Crippen LogP contribution in [0.1, 0.15) is 24.2 Å². The van der Waals surface area contributed by atoms with Gasteiger partial charge in [-0.2, -0.15) is 0 Å². The predicted octanol–water partition coefficient (Wildman–Crippen LogP) is 2.93. The van der Waals surface area contributed by atoms with Gasteiger partial charge in [-0.05, 0) is 35.7 Å². The van der Waals surface area contributed by atoms with Crippen molar-refractivity contribution in [2.45, 2.75) is 19.3 Å². The molecule has 3 aromatic rings. The first-order valence-electron chi connectivity index (χ1n) is 7.04. The van der Waals surface area contributed by atoms with Gasteiger partial charge in [0.15, 0.2) is 5.65 Å². The van der Waals surface area contributed by atoms with E-state index in [4.69, 9.17) is 5.73 Å². The van der Waals surface area contributed by atoms with Crippen LogP contribution in [-0.4, -0.2) is 22.0 Å². The van der Waals surface area contributed by atoms with Gasteiger partial charge in [-0.3, -0.25) is 0 Å². The summed E-state index contributed by atoms with van der Waals surface area (Å²) in [4.78, 5) is 12.3. The van der Waals surface area contributed by atoms with E-state index in [0.29, 0.717) is 5.92 Å². The smallest absolute Gasteiger partial charge is 0.179 e. The summed E-state index contributed by atoms with van der Waals surface area (Å²) >= 11 is 0. The van der Waals surface area contributed by atoms with Gasteiger partial charge in [-0.25, -0.2) is 9.97 Å². The predicted molar refractivity (Wildman–Crippen MR) is 86.4 cm³/mol. The molecule has 108 valence electrons. The summed E-state index contributed by atoms with van der Waals surface area (Å²) in [6.45, 7) is 2.19. The molecule has 5 heteroatoms. The lowest BCUT2D eigenvalue weighted by Gasteiger charge is -2.10. The first-order valence-corrected chi connectivity index (χ1v) is 7.04. The van der Waals surface area contributed by atoms with Crippen molar-refractivity contribution in [1.82, 2.24) is 15.0 Å². The molecule has 0 aliphatic carbocycles. The summed E-state index contributed by atoms with van der Waals surface area (Å²) in [7, 11) is 1.85. The van der Waals surface area contributed by atoms with E-state index in [0.717, 1.165) is 34.9 Å². The van der Waals surface area contributed by atoms with Gasteiger partial charge in [-0.1, -0.05) is 19.1 Å². The van der Waals surface area contributed by atoms with Gasteiger partial charge in [0.25, 0.3) is 0 Å². The number of H-pyrrole nitrogens is 1. The van der Waals surface area contributed by atoms with E-state index in [9.17, 15) is 0 Å². The lowest BCUT2D eigenvalue weighted by Crippen LogP contribution is -2.00. The molecule has 1 unspecified atom stereocenters. The van der Waals surface area contributed by atoms with E-state index in [1.165, 1.54) is 5.56 Å². The van der Waals surface area contributed by atoms with Gasteiger partial charge in [0.1, 0.15) is 11.6 Å². The van der Waals surface area contributed by atoms with Crippen LogP contribution in [0, 0.1) is 0 Å². The summed E-state index contributed by atoms with van der Waals surface area (Å²) in [6, 6.07) is 11.9. The zero-order valence-corrected chi connectivity index (χ0v) is 12.2. The molecule has 0 aliphatic heterocycles. The maximum Gasteiger partial charge on any atom is 0.179 e. The highest BCUT2D eigenvalue weighted by atomic mass is 15.0. The number of aromatic amines is 1. The highest BCUT2D eigenvalue weighted by molar-refractivity contribution is 5.72. The van der Waals surface area contributed by atoms with E-state index in [-0.39, 0.29) is 0 Å². The molecule has 3 rings (SSSR count). The van der Waals surface area contributed by atoms with E-state index < -0.39 is 0 Å². The van der Waals surface area contributed by atoms with Crippen LogP contribution in [0.2, 0.25) is 0 Å². The van der Waals surface area contributed by atoms with Crippen LogP contribution in [0.4, 0.5) is 11.5 Å². The monoisotopic (exact) mass is 281 g/mol. The summed E-state index contributed by atoms with van der Waals surface area (Å²) in [6.07, 6.45) is 0.842. The van der Waals surface area contributed by atoms with Crippen LogP contribution >= 0.6 is 0 Å². The van der Waals surface area contributed by atoms with Crippen molar-refractivity contribution in [3.8, 4) is 0 Å². The third-order valence-corrected chi connectivity index (χ3v) is 3.66. The number of hydrogen-bond donors (Lipinski definition) is 3. The van der Waals surface area contributed by atoms with Gasteiger partial charge in [0.05, 0.1) is 5.52 Å². The third kappa shape index (κ3) is 2.81. The fraction of sp³-hybridized carbons (Fsp3) is 0.250. The maximum absolute atomic E-state index is 5.72. The van der Waals surface area contributed by atoms with Gasteiger partial charge in [0, 0.05) is 19.2 Å². The van der Waals surface area contributed by atoms with Crippen molar-refractivity contribution in [1.29, 1.82) is 0 Å². The highest BCUT2D eigenvalue weighted by Crippen LogP contribution is 2.21. The molecule has 2 heterocycles. The molecule has 0 saturated carbocycles. The topological polar surface area (TPSA) is 79.6 Å². The Morgan fingerprint density at radius 3 is 2.62 bits per heavy atom. The Kier molecular flexibility index (Phi) is 3.48. The minimum Gasteiger partial charge on any atom is -0.399 e. The Bertz CT molecular complexity index is 745. The number of imidazole rings is 1. The van der Waals surface area contributed by atoms with Crippen LogP contribution in [0.25, 0.3) is 11.2 Å². The number of nitrogens with one attached hydrogen (secondary N) is 2. The second-order valence-electron chi connectivity index (χ2n) is 5.27. The highest BCUT2D eigenvalue weighted by Gasteiger charge is 2.11. The van der Waals surface area contributed by atoms with E-state index in [2.05, 4.69) is 39.3 Å². The molecule has 4 N–H and O–H groups in total. The van der Waals surface area contributed by atoms with Crippen molar-refractivity contribution in [2.75, 3.05) is 18.1 Å². The molecule has 5 nitrogen and oxygen atoms in total. The number of nitrogens with two attached hydrogens (primary N) is 1. The van der Waals surface area contributed by atoms with Gasteiger partial charge in [0.2, 0.25) is 0 Å². The molecule has 0 aliphatic rings. The normalized spacial score (nSPS) is 12.5. The standard InChI is InChI=1S/C16H19N5/c1-10(11-3-5-12(17)6-4-11)9-15-19-13-7-8-14(18-2)20-16(13)21-15/h3-8,10H,9,17H2,1-2H3,(H2,18,19,20,21). The zero-order chi connectivity index (χ0) is 14.8. The summed E-state index contributed by atoms with van der Waals surface area (Å²) in [5.74, 6) is 2.15. The Balaban J connectivity index is 1.82. The minimum absolute atomic E-state index is 0.370. The molecule has 0 fully saturated rings. The van der Waals surface area contributed by atoms with E-state index in [1.54, 1.807) is 0 Å². The van der Waals surface area contributed by atoms with Crippen molar-refractivity contribution in [3.05, 3.63) is 47.8 Å². The summed E-state index contributed by atoms with van der Waals surface area (Å²) in [5.41, 5.74) is 9.49. The fourth-order valence-electron chi connectivity index (χ4n) is 2.41. The van der Waals surface area contributed by atoms with Crippen molar-refractivity contribution < 1.29 is 0 Å². The number of nitrogens with zero attached hydrogens (tertiary/aromatic N) is 2. The molecule has 0 bridgehead atoms. The average molecular weight is 281 g/mol. The summed E-state index contributed by atoms with van der Waals surface area (Å²) < 4.78 is 0. The molecular weight excluding hydrogens is 262 g/mol. The molecule has 1 atom stereocenters. The number of hydrogen-bond acceptors (Lipinski definition) is 4. The molecule has 0 spiro atoms. The lowest BCUT2D eigenvalue weighted by atomic mass is 9.97.